The molecule has 4 aromatic rings. The summed E-state index contributed by atoms with van der Waals surface area (Å²) in [4.78, 5) is 33.8. The summed E-state index contributed by atoms with van der Waals surface area (Å²) in [6.07, 6.45) is 0.0230. The predicted octanol–water partition coefficient (Wildman–Crippen LogP) is 5.46. The standard InChI is InChI=1S/C23H17ClN2O2/c24-17-12-10-15(11-13-17)21(27)14-18(22(28)16-6-2-1-3-7-16)23-25-19-8-4-5-9-20(19)26-23/h1-13,18H,14H2,(H,25,26). The van der Waals surface area contributed by atoms with Crippen LogP contribution in [-0.4, -0.2) is 21.5 Å². The molecule has 0 fully saturated rings. The van der Waals surface area contributed by atoms with Gasteiger partial charge in [-0.2, -0.15) is 0 Å². The van der Waals surface area contributed by atoms with E-state index < -0.39 is 5.92 Å². The molecule has 0 bridgehead atoms. The number of carbonyl (C=O) groups is 2. The zero-order valence-corrected chi connectivity index (χ0v) is 15.7. The van der Waals surface area contributed by atoms with Gasteiger partial charge in [-0.25, -0.2) is 4.98 Å². The van der Waals surface area contributed by atoms with Gasteiger partial charge in [-0.05, 0) is 36.4 Å². The molecule has 4 nitrogen and oxygen atoms in total. The van der Waals surface area contributed by atoms with Crippen LogP contribution in [0.15, 0.2) is 78.9 Å². The van der Waals surface area contributed by atoms with Gasteiger partial charge in [-0.15, -0.1) is 0 Å². The van der Waals surface area contributed by atoms with E-state index >= 15 is 0 Å². The second-order valence-electron chi connectivity index (χ2n) is 6.56. The third-order valence-corrected chi connectivity index (χ3v) is 4.92. The maximum atomic E-state index is 13.2. The van der Waals surface area contributed by atoms with Crippen LogP contribution in [0.5, 0.6) is 0 Å². The van der Waals surface area contributed by atoms with Crippen molar-refractivity contribution in [3.05, 3.63) is 101 Å². The number of imidazole rings is 1. The summed E-state index contributed by atoms with van der Waals surface area (Å²) in [5.41, 5.74) is 2.67. The highest BCUT2D eigenvalue weighted by Gasteiger charge is 2.28. The van der Waals surface area contributed by atoms with E-state index in [2.05, 4.69) is 9.97 Å². The fourth-order valence-electron chi connectivity index (χ4n) is 3.19. The smallest absolute Gasteiger partial charge is 0.173 e. The molecule has 5 heteroatoms. The largest absolute Gasteiger partial charge is 0.341 e. The minimum Gasteiger partial charge on any atom is -0.341 e. The molecular weight excluding hydrogens is 372 g/mol. The molecule has 0 saturated carbocycles. The molecule has 1 unspecified atom stereocenters. The Balaban J connectivity index is 1.71. The lowest BCUT2D eigenvalue weighted by Crippen LogP contribution is -2.18. The van der Waals surface area contributed by atoms with Gasteiger partial charge >= 0.3 is 0 Å². The molecule has 1 N–H and O–H groups in total. The van der Waals surface area contributed by atoms with Crippen LogP contribution >= 0.6 is 11.6 Å². The lowest BCUT2D eigenvalue weighted by atomic mass is 9.90. The molecule has 1 aromatic heterocycles. The number of nitrogens with one attached hydrogen (secondary N) is 1. The number of nitrogens with zero attached hydrogens (tertiary/aromatic N) is 1. The van der Waals surface area contributed by atoms with Gasteiger partial charge in [0.2, 0.25) is 0 Å². The number of ketones is 2. The van der Waals surface area contributed by atoms with Gasteiger partial charge in [0.15, 0.2) is 11.6 Å². The SMILES string of the molecule is O=C(CC(C(=O)c1ccccc1)c1nc2ccccc2[nH]1)c1ccc(Cl)cc1. The minimum absolute atomic E-state index is 0.0230. The summed E-state index contributed by atoms with van der Waals surface area (Å²) in [6, 6.07) is 23.2. The number of benzene rings is 3. The first-order valence-corrected chi connectivity index (χ1v) is 9.32. The first-order chi connectivity index (χ1) is 13.6. The van der Waals surface area contributed by atoms with Crippen LogP contribution in [0, 0.1) is 0 Å². The van der Waals surface area contributed by atoms with Gasteiger partial charge in [0, 0.05) is 22.6 Å². The Bertz CT molecular complexity index is 1100. The number of Topliss-reactive ketones (excluding diaryl/α,β-unsaturated/α-hetero) is 2. The van der Waals surface area contributed by atoms with E-state index in [0.29, 0.717) is 22.0 Å². The Morgan fingerprint density at radius 3 is 2.25 bits per heavy atom. The fourth-order valence-corrected chi connectivity index (χ4v) is 3.32. The van der Waals surface area contributed by atoms with E-state index in [0.717, 1.165) is 11.0 Å². The Kier molecular flexibility index (Phi) is 5.04. The van der Waals surface area contributed by atoms with Crippen LogP contribution in [0.1, 0.15) is 38.9 Å². The number of carbonyl (C=O) groups excluding carboxylic acids is 2. The van der Waals surface area contributed by atoms with E-state index in [9.17, 15) is 9.59 Å². The van der Waals surface area contributed by atoms with E-state index in [-0.39, 0.29) is 18.0 Å². The van der Waals surface area contributed by atoms with Gasteiger partial charge in [-0.1, -0.05) is 54.1 Å². The minimum atomic E-state index is -0.696. The number of para-hydroxylation sites is 2. The first-order valence-electron chi connectivity index (χ1n) is 8.94. The van der Waals surface area contributed by atoms with Crippen molar-refractivity contribution in [2.75, 3.05) is 0 Å². The lowest BCUT2D eigenvalue weighted by molar-refractivity contribution is 0.0890. The zero-order chi connectivity index (χ0) is 19.5. The maximum absolute atomic E-state index is 13.2. The van der Waals surface area contributed by atoms with Crippen LogP contribution in [0.25, 0.3) is 11.0 Å². The molecule has 1 heterocycles. The predicted molar refractivity (Wildman–Crippen MR) is 110 cm³/mol. The Morgan fingerprint density at radius 1 is 0.857 bits per heavy atom. The summed E-state index contributed by atoms with van der Waals surface area (Å²) < 4.78 is 0. The van der Waals surface area contributed by atoms with Crippen LogP contribution in [0.2, 0.25) is 5.02 Å². The summed E-state index contributed by atoms with van der Waals surface area (Å²) in [5, 5.41) is 0.561. The van der Waals surface area contributed by atoms with Crippen molar-refractivity contribution in [3.8, 4) is 0 Å². The Hall–Kier alpha value is -3.24. The number of hydrogen-bond acceptors (Lipinski definition) is 3. The average Bonchev–Trinajstić information content (AvgIpc) is 3.16. The van der Waals surface area contributed by atoms with Crippen molar-refractivity contribution in [2.45, 2.75) is 12.3 Å². The van der Waals surface area contributed by atoms with Crippen LogP contribution < -0.4 is 0 Å². The normalized spacial score (nSPS) is 12.0. The summed E-state index contributed by atoms with van der Waals surface area (Å²) in [7, 11) is 0. The highest BCUT2D eigenvalue weighted by atomic mass is 35.5. The van der Waals surface area contributed by atoms with Crippen molar-refractivity contribution < 1.29 is 9.59 Å². The molecule has 3 aromatic carbocycles. The molecule has 0 saturated heterocycles. The molecule has 0 aliphatic heterocycles. The number of aromatic nitrogens is 2. The van der Waals surface area contributed by atoms with Crippen molar-refractivity contribution >= 4 is 34.2 Å². The molecule has 0 aliphatic rings. The fraction of sp³-hybridized carbons (Fsp3) is 0.0870. The second kappa shape index (κ2) is 7.79. The van der Waals surface area contributed by atoms with Gasteiger partial charge in [0.05, 0.1) is 17.0 Å². The van der Waals surface area contributed by atoms with Crippen molar-refractivity contribution in [1.29, 1.82) is 0 Å². The molecule has 0 spiro atoms. The van der Waals surface area contributed by atoms with Crippen molar-refractivity contribution in [2.24, 2.45) is 0 Å². The monoisotopic (exact) mass is 388 g/mol. The van der Waals surface area contributed by atoms with Crippen molar-refractivity contribution in [3.63, 3.8) is 0 Å². The number of halogens is 1. The number of hydrogen-bond donors (Lipinski definition) is 1. The van der Waals surface area contributed by atoms with Gasteiger partial charge in [-0.3, -0.25) is 9.59 Å². The van der Waals surface area contributed by atoms with E-state index in [4.69, 9.17) is 11.6 Å². The van der Waals surface area contributed by atoms with Gasteiger partial charge in [0.25, 0.3) is 0 Å². The third-order valence-electron chi connectivity index (χ3n) is 4.67. The number of rotatable bonds is 6. The number of H-pyrrole nitrogens is 1. The average molecular weight is 389 g/mol. The number of fused-ring (bicyclic) bond motifs is 1. The van der Waals surface area contributed by atoms with Gasteiger partial charge in [0.1, 0.15) is 5.82 Å². The topological polar surface area (TPSA) is 62.8 Å². The number of aromatic amines is 1. The molecule has 0 aliphatic carbocycles. The molecular formula is C23H17ClN2O2. The summed E-state index contributed by atoms with van der Waals surface area (Å²) >= 11 is 5.91. The Morgan fingerprint density at radius 2 is 1.54 bits per heavy atom. The molecule has 4 rings (SSSR count). The van der Waals surface area contributed by atoms with E-state index in [1.807, 2.05) is 42.5 Å². The lowest BCUT2D eigenvalue weighted by Gasteiger charge is -2.13. The molecule has 138 valence electrons. The first kappa shape index (κ1) is 18.1. The summed E-state index contributed by atoms with van der Waals surface area (Å²) in [5.74, 6) is -0.469. The van der Waals surface area contributed by atoms with Crippen LogP contribution in [0.3, 0.4) is 0 Å². The quantitative estimate of drug-likeness (QED) is 0.446. The van der Waals surface area contributed by atoms with E-state index in [1.165, 1.54) is 0 Å². The molecule has 0 amide bonds. The molecule has 0 radical (unpaired) electrons. The highest BCUT2D eigenvalue weighted by molar-refractivity contribution is 6.30. The third kappa shape index (κ3) is 3.73. The zero-order valence-electron chi connectivity index (χ0n) is 14.9. The summed E-state index contributed by atoms with van der Waals surface area (Å²) in [6.45, 7) is 0. The van der Waals surface area contributed by atoms with E-state index in [1.54, 1.807) is 36.4 Å². The Labute approximate surface area is 167 Å². The molecule has 1 atom stereocenters. The molecule has 28 heavy (non-hydrogen) atoms. The van der Waals surface area contributed by atoms with Crippen LogP contribution in [0.4, 0.5) is 0 Å². The second-order valence-corrected chi connectivity index (χ2v) is 6.99. The van der Waals surface area contributed by atoms with Gasteiger partial charge < -0.3 is 4.98 Å². The highest BCUT2D eigenvalue weighted by Crippen LogP contribution is 2.27. The van der Waals surface area contributed by atoms with Crippen molar-refractivity contribution in [1.82, 2.24) is 9.97 Å². The van der Waals surface area contributed by atoms with Crippen LogP contribution in [-0.2, 0) is 0 Å². The maximum Gasteiger partial charge on any atom is 0.173 e.